The Hall–Kier alpha value is -2.64. The molecule has 2 aromatic carbocycles. The first-order chi connectivity index (χ1) is 15.2. The molecule has 1 heterocycles. The highest BCUT2D eigenvalue weighted by molar-refractivity contribution is 7.99. The summed E-state index contributed by atoms with van der Waals surface area (Å²) < 4.78 is 2.20. The Morgan fingerprint density at radius 1 is 1.10 bits per heavy atom. The summed E-state index contributed by atoms with van der Waals surface area (Å²) in [6, 6.07) is 17.6. The zero-order valence-corrected chi connectivity index (χ0v) is 18.6. The Labute approximate surface area is 191 Å². The molecule has 31 heavy (non-hydrogen) atoms. The van der Waals surface area contributed by atoms with Gasteiger partial charge in [-0.25, -0.2) is 5.43 Å². The number of amides is 1. The third-order valence-electron chi connectivity index (χ3n) is 5.24. The van der Waals surface area contributed by atoms with Crippen LogP contribution in [0.25, 0.3) is 11.4 Å². The van der Waals surface area contributed by atoms with Crippen LogP contribution in [0.1, 0.15) is 43.7 Å². The van der Waals surface area contributed by atoms with Crippen LogP contribution in [0.15, 0.2) is 64.9 Å². The van der Waals surface area contributed by atoms with Gasteiger partial charge in [-0.3, -0.25) is 9.36 Å². The van der Waals surface area contributed by atoms with Crippen LogP contribution in [0.4, 0.5) is 0 Å². The van der Waals surface area contributed by atoms with E-state index in [0.29, 0.717) is 11.1 Å². The molecule has 4 rings (SSSR count). The van der Waals surface area contributed by atoms with Crippen molar-refractivity contribution in [2.24, 2.45) is 5.10 Å². The second-order valence-corrected chi connectivity index (χ2v) is 8.85. The van der Waals surface area contributed by atoms with Crippen molar-refractivity contribution in [2.75, 3.05) is 5.75 Å². The molecule has 160 valence electrons. The molecule has 6 nitrogen and oxygen atoms in total. The first-order valence-electron chi connectivity index (χ1n) is 10.4. The summed E-state index contributed by atoms with van der Waals surface area (Å²) in [5.74, 6) is 0.870. The van der Waals surface area contributed by atoms with Crippen LogP contribution in [0.2, 0.25) is 5.02 Å². The van der Waals surface area contributed by atoms with Gasteiger partial charge in [-0.1, -0.05) is 73.0 Å². The third-order valence-corrected chi connectivity index (χ3v) is 6.44. The van der Waals surface area contributed by atoms with E-state index in [1.807, 2.05) is 54.6 Å². The minimum absolute atomic E-state index is 0.177. The Morgan fingerprint density at radius 3 is 2.58 bits per heavy atom. The topological polar surface area (TPSA) is 72.2 Å². The average molecular weight is 454 g/mol. The van der Waals surface area contributed by atoms with Crippen molar-refractivity contribution in [1.82, 2.24) is 20.2 Å². The highest BCUT2D eigenvalue weighted by atomic mass is 35.5. The molecule has 1 N–H and O–H groups in total. The number of hydrogen-bond donors (Lipinski definition) is 1. The van der Waals surface area contributed by atoms with Gasteiger partial charge in [-0.15, -0.1) is 10.2 Å². The third kappa shape index (κ3) is 5.74. The van der Waals surface area contributed by atoms with Gasteiger partial charge in [0.1, 0.15) is 0 Å². The lowest BCUT2D eigenvalue weighted by atomic mass is 9.95. The first-order valence-corrected chi connectivity index (χ1v) is 11.8. The highest BCUT2D eigenvalue weighted by Crippen LogP contribution is 2.35. The predicted molar refractivity (Wildman–Crippen MR) is 125 cm³/mol. The van der Waals surface area contributed by atoms with Crippen molar-refractivity contribution in [3.05, 3.63) is 65.2 Å². The van der Waals surface area contributed by atoms with Gasteiger partial charge in [0.05, 0.1) is 12.0 Å². The number of nitrogens with one attached hydrogen (secondary N) is 1. The molecular weight excluding hydrogens is 430 g/mol. The number of thioether (sulfide) groups is 1. The van der Waals surface area contributed by atoms with Crippen molar-refractivity contribution in [3.63, 3.8) is 0 Å². The van der Waals surface area contributed by atoms with Gasteiger partial charge in [-0.05, 0) is 42.7 Å². The molecule has 0 spiro atoms. The van der Waals surface area contributed by atoms with E-state index < -0.39 is 0 Å². The zero-order valence-electron chi connectivity index (χ0n) is 17.1. The number of hydrogen-bond acceptors (Lipinski definition) is 5. The van der Waals surface area contributed by atoms with Crippen LogP contribution in [-0.4, -0.2) is 32.6 Å². The summed E-state index contributed by atoms with van der Waals surface area (Å²) in [4.78, 5) is 12.3. The summed E-state index contributed by atoms with van der Waals surface area (Å²) in [6.45, 7) is 0. The molecule has 3 aromatic rings. The molecule has 0 saturated heterocycles. The van der Waals surface area contributed by atoms with E-state index in [2.05, 4.69) is 25.3 Å². The van der Waals surface area contributed by atoms with Crippen molar-refractivity contribution in [1.29, 1.82) is 0 Å². The fraction of sp³-hybridized carbons (Fsp3) is 0.304. The molecule has 0 unspecified atom stereocenters. The molecule has 1 aliphatic carbocycles. The molecule has 1 saturated carbocycles. The zero-order chi connectivity index (χ0) is 21.5. The minimum Gasteiger partial charge on any atom is -0.299 e. The number of nitrogens with zero attached hydrogens (tertiary/aromatic N) is 4. The second-order valence-electron chi connectivity index (χ2n) is 7.47. The smallest absolute Gasteiger partial charge is 0.250 e. The number of carbonyl (C=O) groups is 1. The van der Waals surface area contributed by atoms with Gasteiger partial charge in [0, 0.05) is 16.6 Å². The van der Waals surface area contributed by atoms with E-state index in [9.17, 15) is 4.79 Å². The monoisotopic (exact) mass is 453 g/mol. The van der Waals surface area contributed by atoms with E-state index in [1.54, 1.807) is 6.21 Å². The summed E-state index contributed by atoms with van der Waals surface area (Å²) >= 11 is 7.45. The average Bonchev–Trinajstić information content (AvgIpc) is 3.23. The summed E-state index contributed by atoms with van der Waals surface area (Å²) in [5, 5.41) is 14.4. The fourth-order valence-corrected chi connectivity index (χ4v) is 4.64. The van der Waals surface area contributed by atoms with Gasteiger partial charge >= 0.3 is 0 Å². The van der Waals surface area contributed by atoms with Crippen LogP contribution in [0.5, 0.6) is 0 Å². The quantitative estimate of drug-likeness (QED) is 0.297. The normalized spacial score (nSPS) is 14.7. The molecule has 1 fully saturated rings. The first kappa shape index (κ1) is 21.6. The Kier molecular flexibility index (Phi) is 7.38. The molecule has 0 aliphatic heterocycles. The molecule has 0 atom stereocenters. The van der Waals surface area contributed by atoms with Crippen molar-refractivity contribution < 1.29 is 4.79 Å². The second kappa shape index (κ2) is 10.6. The Morgan fingerprint density at radius 2 is 1.84 bits per heavy atom. The molecule has 1 aliphatic rings. The van der Waals surface area contributed by atoms with Crippen molar-refractivity contribution in [3.8, 4) is 11.4 Å². The summed E-state index contributed by atoms with van der Waals surface area (Å²) in [7, 11) is 0. The number of aromatic nitrogens is 3. The van der Waals surface area contributed by atoms with Gasteiger partial charge in [0.2, 0.25) is 0 Å². The van der Waals surface area contributed by atoms with Gasteiger partial charge < -0.3 is 0 Å². The number of halogens is 1. The lowest BCUT2D eigenvalue weighted by Crippen LogP contribution is -2.20. The van der Waals surface area contributed by atoms with Crippen LogP contribution in [0.3, 0.4) is 0 Å². The van der Waals surface area contributed by atoms with Gasteiger partial charge in [0.15, 0.2) is 11.0 Å². The SMILES string of the molecule is O=C(CSc1nnc(-c2ccc(Cl)cc2)n1C1CCCCC1)N/N=C/c1ccccc1. The number of rotatable bonds is 7. The van der Waals surface area contributed by atoms with Crippen LogP contribution < -0.4 is 5.43 Å². The summed E-state index contributed by atoms with van der Waals surface area (Å²) in [5.41, 5.74) is 4.49. The largest absolute Gasteiger partial charge is 0.299 e. The lowest BCUT2D eigenvalue weighted by molar-refractivity contribution is -0.118. The Bertz CT molecular complexity index is 1030. The maximum absolute atomic E-state index is 12.3. The lowest BCUT2D eigenvalue weighted by Gasteiger charge is -2.25. The van der Waals surface area contributed by atoms with Crippen LogP contribution >= 0.6 is 23.4 Å². The maximum Gasteiger partial charge on any atom is 0.250 e. The van der Waals surface area contributed by atoms with Crippen LogP contribution in [0, 0.1) is 0 Å². The van der Waals surface area contributed by atoms with E-state index in [-0.39, 0.29) is 11.7 Å². The number of carbonyl (C=O) groups excluding carboxylic acids is 1. The molecular formula is C23H24ClN5OS. The van der Waals surface area contributed by atoms with E-state index in [1.165, 1.54) is 31.0 Å². The van der Waals surface area contributed by atoms with E-state index in [0.717, 1.165) is 34.9 Å². The minimum atomic E-state index is -0.177. The molecule has 1 amide bonds. The van der Waals surface area contributed by atoms with Gasteiger partial charge in [-0.2, -0.15) is 5.10 Å². The molecule has 0 radical (unpaired) electrons. The Balaban J connectivity index is 1.46. The van der Waals surface area contributed by atoms with Crippen molar-refractivity contribution >= 4 is 35.5 Å². The predicted octanol–water partition coefficient (Wildman–Crippen LogP) is 5.35. The van der Waals surface area contributed by atoms with E-state index in [4.69, 9.17) is 11.6 Å². The van der Waals surface area contributed by atoms with E-state index >= 15 is 0 Å². The molecule has 8 heteroatoms. The fourth-order valence-electron chi connectivity index (χ4n) is 3.72. The molecule has 0 bridgehead atoms. The maximum atomic E-state index is 12.3. The van der Waals surface area contributed by atoms with Gasteiger partial charge in [0.25, 0.3) is 5.91 Å². The standard InChI is InChI=1S/C23H24ClN5OS/c24-19-13-11-18(12-14-19)22-27-28-23(29(22)20-9-5-2-6-10-20)31-16-21(30)26-25-15-17-7-3-1-4-8-17/h1,3-4,7-8,11-15,20H,2,5-6,9-10,16H2,(H,26,30)/b25-15+. The number of hydrazone groups is 1. The summed E-state index contributed by atoms with van der Waals surface area (Å²) in [6.07, 6.45) is 7.48. The number of benzene rings is 2. The molecule has 1 aromatic heterocycles. The van der Waals surface area contributed by atoms with Crippen LogP contribution in [-0.2, 0) is 4.79 Å². The van der Waals surface area contributed by atoms with Crippen molar-refractivity contribution in [2.45, 2.75) is 43.3 Å². The highest BCUT2D eigenvalue weighted by Gasteiger charge is 2.24.